The second-order valence-electron chi connectivity index (χ2n) is 2.59. The van der Waals surface area contributed by atoms with Crippen LogP contribution in [-0.2, 0) is 0 Å². The molecule has 4 nitrogen and oxygen atoms in total. The van der Waals surface area contributed by atoms with Crippen molar-refractivity contribution in [1.29, 1.82) is 5.26 Å². The number of rotatable bonds is 2. The zero-order valence-corrected chi connectivity index (χ0v) is 7.06. The number of nitrogens with zero attached hydrogens (tertiary/aromatic N) is 2. The maximum absolute atomic E-state index is 10.7. The zero-order valence-electron chi connectivity index (χ0n) is 7.06. The lowest BCUT2D eigenvalue weighted by atomic mass is 10.0. The summed E-state index contributed by atoms with van der Waals surface area (Å²) in [5, 5.41) is 17.4. The van der Waals surface area contributed by atoms with Gasteiger partial charge in [-0.05, 0) is 19.1 Å². The van der Waals surface area contributed by atoms with Crippen molar-refractivity contribution in [2.24, 2.45) is 0 Å². The normalized spacial score (nSPS) is 11.7. The Bertz CT molecular complexity index is 368. The van der Waals surface area contributed by atoms with Crippen LogP contribution in [0.4, 0.5) is 0 Å². The van der Waals surface area contributed by atoms with E-state index in [0.717, 1.165) is 0 Å². The SMILES string of the molecule is CC(C#N)c1ncccc1C(=O)O. The molecule has 0 bridgehead atoms. The molecular formula is C9H8N2O2. The molecule has 0 spiro atoms. The molecular weight excluding hydrogens is 168 g/mol. The Morgan fingerprint density at radius 3 is 3.00 bits per heavy atom. The first kappa shape index (κ1) is 9.20. The van der Waals surface area contributed by atoms with Crippen molar-refractivity contribution in [1.82, 2.24) is 4.98 Å². The van der Waals surface area contributed by atoms with Gasteiger partial charge in [-0.1, -0.05) is 0 Å². The number of carbonyl (C=O) groups is 1. The number of carboxylic acid groups (broad SMARTS) is 1. The molecule has 0 saturated heterocycles. The van der Waals surface area contributed by atoms with Crippen molar-refractivity contribution in [2.45, 2.75) is 12.8 Å². The Kier molecular flexibility index (Phi) is 2.60. The Hall–Kier alpha value is -1.89. The molecule has 1 aromatic rings. The molecule has 1 aromatic heterocycles. The van der Waals surface area contributed by atoms with Crippen molar-refractivity contribution in [3.8, 4) is 6.07 Å². The molecule has 0 fully saturated rings. The van der Waals surface area contributed by atoms with E-state index in [0.29, 0.717) is 5.69 Å². The predicted octanol–water partition coefficient (Wildman–Crippen LogP) is 1.41. The summed E-state index contributed by atoms with van der Waals surface area (Å²) in [6.45, 7) is 1.62. The lowest BCUT2D eigenvalue weighted by molar-refractivity contribution is 0.0695. The highest BCUT2D eigenvalue weighted by Gasteiger charge is 2.15. The molecule has 1 N–H and O–H groups in total. The fourth-order valence-electron chi connectivity index (χ4n) is 1.00. The van der Waals surface area contributed by atoms with Crippen molar-refractivity contribution >= 4 is 5.97 Å². The van der Waals surface area contributed by atoms with Crippen LogP contribution in [0.2, 0.25) is 0 Å². The van der Waals surface area contributed by atoms with E-state index in [1.165, 1.54) is 18.3 Å². The van der Waals surface area contributed by atoms with Crippen LogP contribution in [0, 0.1) is 11.3 Å². The summed E-state index contributed by atoms with van der Waals surface area (Å²) in [5.41, 5.74) is 0.411. The number of pyridine rings is 1. The van der Waals surface area contributed by atoms with Crippen molar-refractivity contribution in [3.05, 3.63) is 29.6 Å². The summed E-state index contributed by atoms with van der Waals surface area (Å²) in [6.07, 6.45) is 1.48. The van der Waals surface area contributed by atoms with Gasteiger partial charge in [-0.3, -0.25) is 4.98 Å². The van der Waals surface area contributed by atoms with Crippen LogP contribution >= 0.6 is 0 Å². The van der Waals surface area contributed by atoms with E-state index in [2.05, 4.69) is 4.98 Å². The van der Waals surface area contributed by atoms with Crippen molar-refractivity contribution < 1.29 is 9.90 Å². The van der Waals surface area contributed by atoms with Gasteiger partial charge in [-0.25, -0.2) is 4.79 Å². The van der Waals surface area contributed by atoms with Gasteiger partial charge < -0.3 is 5.11 Å². The van der Waals surface area contributed by atoms with Gasteiger partial charge in [0.05, 0.1) is 23.2 Å². The summed E-state index contributed by atoms with van der Waals surface area (Å²) >= 11 is 0. The fraction of sp³-hybridized carbons (Fsp3) is 0.222. The summed E-state index contributed by atoms with van der Waals surface area (Å²) in [4.78, 5) is 14.6. The minimum atomic E-state index is -1.05. The molecule has 1 unspecified atom stereocenters. The third-order valence-electron chi connectivity index (χ3n) is 1.67. The summed E-state index contributed by atoms with van der Waals surface area (Å²) in [7, 11) is 0. The van der Waals surface area contributed by atoms with Crippen LogP contribution in [0.3, 0.4) is 0 Å². The van der Waals surface area contributed by atoms with Crippen LogP contribution in [0.15, 0.2) is 18.3 Å². The molecule has 1 rings (SSSR count). The Morgan fingerprint density at radius 2 is 2.46 bits per heavy atom. The minimum absolute atomic E-state index is 0.0940. The van der Waals surface area contributed by atoms with Crippen LogP contribution in [-0.4, -0.2) is 16.1 Å². The highest BCUT2D eigenvalue weighted by molar-refractivity contribution is 5.89. The number of aromatic nitrogens is 1. The average Bonchev–Trinajstić information content (AvgIpc) is 2.16. The van der Waals surface area contributed by atoms with Crippen LogP contribution in [0.1, 0.15) is 28.9 Å². The summed E-state index contributed by atoms with van der Waals surface area (Å²) in [6, 6.07) is 4.93. The van der Waals surface area contributed by atoms with Crippen LogP contribution in [0.25, 0.3) is 0 Å². The maximum atomic E-state index is 10.7. The fourth-order valence-corrected chi connectivity index (χ4v) is 1.00. The second-order valence-corrected chi connectivity index (χ2v) is 2.59. The molecule has 0 amide bonds. The van der Waals surface area contributed by atoms with E-state index in [9.17, 15) is 4.79 Å². The highest BCUT2D eigenvalue weighted by atomic mass is 16.4. The van der Waals surface area contributed by atoms with Crippen LogP contribution < -0.4 is 0 Å². The van der Waals surface area contributed by atoms with Crippen molar-refractivity contribution in [2.75, 3.05) is 0 Å². The first-order valence-electron chi connectivity index (χ1n) is 3.74. The van der Waals surface area contributed by atoms with E-state index in [-0.39, 0.29) is 5.56 Å². The van der Waals surface area contributed by atoms with Gasteiger partial charge in [-0.15, -0.1) is 0 Å². The monoisotopic (exact) mass is 176 g/mol. The average molecular weight is 176 g/mol. The topological polar surface area (TPSA) is 74.0 Å². The number of carboxylic acids is 1. The second kappa shape index (κ2) is 3.68. The van der Waals surface area contributed by atoms with Gasteiger partial charge in [0.2, 0.25) is 0 Å². The molecule has 66 valence electrons. The Morgan fingerprint density at radius 1 is 1.77 bits per heavy atom. The lowest BCUT2D eigenvalue weighted by Gasteiger charge is -2.04. The largest absolute Gasteiger partial charge is 0.478 e. The first-order chi connectivity index (χ1) is 6.16. The molecule has 13 heavy (non-hydrogen) atoms. The first-order valence-corrected chi connectivity index (χ1v) is 3.74. The third-order valence-corrected chi connectivity index (χ3v) is 1.67. The number of hydrogen-bond donors (Lipinski definition) is 1. The number of hydrogen-bond acceptors (Lipinski definition) is 3. The molecule has 1 atom stereocenters. The molecule has 0 aliphatic carbocycles. The van der Waals surface area contributed by atoms with Crippen LogP contribution in [0.5, 0.6) is 0 Å². The van der Waals surface area contributed by atoms with Gasteiger partial charge in [-0.2, -0.15) is 5.26 Å². The van der Waals surface area contributed by atoms with Crippen molar-refractivity contribution in [3.63, 3.8) is 0 Å². The van der Waals surface area contributed by atoms with Gasteiger partial charge in [0.15, 0.2) is 0 Å². The molecule has 0 aliphatic rings. The molecule has 0 aliphatic heterocycles. The van der Waals surface area contributed by atoms with E-state index in [1.807, 2.05) is 6.07 Å². The molecule has 0 saturated carbocycles. The van der Waals surface area contributed by atoms with Gasteiger partial charge in [0.25, 0.3) is 0 Å². The van der Waals surface area contributed by atoms with Gasteiger partial charge in [0, 0.05) is 6.20 Å². The minimum Gasteiger partial charge on any atom is -0.478 e. The molecule has 4 heteroatoms. The Balaban J connectivity index is 3.21. The number of nitriles is 1. The smallest absolute Gasteiger partial charge is 0.337 e. The van der Waals surface area contributed by atoms with E-state index in [1.54, 1.807) is 6.92 Å². The predicted molar refractivity (Wildman–Crippen MR) is 45.2 cm³/mol. The quantitative estimate of drug-likeness (QED) is 0.739. The van der Waals surface area contributed by atoms with Gasteiger partial charge in [0.1, 0.15) is 0 Å². The Labute approximate surface area is 75.5 Å². The standard InChI is InChI=1S/C9H8N2O2/c1-6(5-10)8-7(9(12)13)3-2-4-11-8/h2-4,6H,1H3,(H,12,13). The lowest BCUT2D eigenvalue weighted by Crippen LogP contribution is -2.06. The maximum Gasteiger partial charge on any atom is 0.337 e. The van der Waals surface area contributed by atoms with E-state index < -0.39 is 11.9 Å². The highest BCUT2D eigenvalue weighted by Crippen LogP contribution is 2.15. The van der Waals surface area contributed by atoms with E-state index in [4.69, 9.17) is 10.4 Å². The number of aromatic carboxylic acids is 1. The molecule has 0 radical (unpaired) electrons. The van der Waals surface area contributed by atoms with Gasteiger partial charge >= 0.3 is 5.97 Å². The zero-order chi connectivity index (χ0) is 9.84. The van der Waals surface area contributed by atoms with E-state index >= 15 is 0 Å². The summed E-state index contributed by atoms with van der Waals surface area (Å²) in [5.74, 6) is -1.54. The molecule has 0 aromatic carbocycles. The summed E-state index contributed by atoms with van der Waals surface area (Å²) < 4.78 is 0. The third kappa shape index (κ3) is 1.82. The molecule has 1 heterocycles.